The minimum atomic E-state index is 0.152. The second-order valence-corrected chi connectivity index (χ2v) is 7.27. The van der Waals surface area contributed by atoms with Crippen molar-refractivity contribution in [3.05, 3.63) is 52.9 Å². The van der Waals surface area contributed by atoms with Gasteiger partial charge in [-0.25, -0.2) is 4.98 Å². The number of carbonyl (C=O) groups excluding carboxylic acids is 1. The monoisotopic (exact) mass is 325 g/mol. The largest absolute Gasteiger partial charge is 0.346 e. The number of nitrogens with zero attached hydrogens (tertiary/aromatic N) is 2. The van der Waals surface area contributed by atoms with Crippen LogP contribution in [0, 0.1) is 6.92 Å². The molecule has 1 amide bonds. The van der Waals surface area contributed by atoms with Crippen LogP contribution in [-0.2, 0) is 0 Å². The normalized spacial score (nSPS) is 18.5. The third-order valence-corrected chi connectivity index (χ3v) is 5.56. The zero-order valence-corrected chi connectivity index (χ0v) is 13.9. The average Bonchev–Trinajstić information content (AvgIpc) is 3.20. The number of hydrogen-bond acceptors (Lipinski definition) is 3. The molecule has 3 aromatic rings. The van der Waals surface area contributed by atoms with Gasteiger partial charge in [-0.15, -0.1) is 11.3 Å². The average molecular weight is 325 g/mol. The van der Waals surface area contributed by atoms with Gasteiger partial charge in [0.05, 0.1) is 4.88 Å². The number of carbonyl (C=O) groups is 1. The van der Waals surface area contributed by atoms with Crippen LogP contribution in [0.5, 0.6) is 0 Å². The molecule has 23 heavy (non-hydrogen) atoms. The number of amides is 1. The van der Waals surface area contributed by atoms with Gasteiger partial charge in [-0.1, -0.05) is 18.2 Å². The molecule has 1 saturated heterocycles. The van der Waals surface area contributed by atoms with Crippen molar-refractivity contribution >= 4 is 27.3 Å². The van der Waals surface area contributed by atoms with Crippen LogP contribution in [0.25, 0.3) is 10.1 Å². The van der Waals surface area contributed by atoms with Crippen LogP contribution in [0.2, 0.25) is 0 Å². The molecule has 0 aliphatic carbocycles. The van der Waals surface area contributed by atoms with E-state index in [2.05, 4.69) is 22.1 Å². The summed E-state index contributed by atoms with van der Waals surface area (Å²) in [6, 6.07) is 10.2. The highest BCUT2D eigenvalue weighted by molar-refractivity contribution is 7.20. The summed E-state index contributed by atoms with van der Waals surface area (Å²) < 4.78 is 1.17. The zero-order valence-electron chi connectivity index (χ0n) is 13.1. The first-order valence-corrected chi connectivity index (χ1v) is 8.82. The van der Waals surface area contributed by atoms with Crippen LogP contribution >= 0.6 is 11.3 Å². The van der Waals surface area contributed by atoms with Crippen LogP contribution < -0.4 is 0 Å². The number of aromatic amines is 1. The highest BCUT2D eigenvalue weighted by Gasteiger charge is 2.27. The number of H-pyrrole nitrogens is 1. The number of rotatable bonds is 2. The van der Waals surface area contributed by atoms with Crippen molar-refractivity contribution in [3.63, 3.8) is 0 Å². The molecule has 1 N–H and O–H groups in total. The molecule has 0 saturated carbocycles. The quantitative estimate of drug-likeness (QED) is 0.775. The van der Waals surface area contributed by atoms with Crippen molar-refractivity contribution in [3.8, 4) is 0 Å². The molecular weight excluding hydrogens is 306 g/mol. The molecule has 1 atom stereocenters. The Labute approximate surface area is 139 Å². The van der Waals surface area contributed by atoms with Crippen LogP contribution in [0.15, 0.2) is 36.5 Å². The second kappa shape index (κ2) is 5.81. The number of fused-ring (bicyclic) bond motifs is 1. The van der Waals surface area contributed by atoms with Crippen molar-refractivity contribution in [1.82, 2.24) is 14.9 Å². The number of aromatic nitrogens is 2. The first-order valence-electron chi connectivity index (χ1n) is 8.00. The van der Waals surface area contributed by atoms with Gasteiger partial charge in [0.25, 0.3) is 5.91 Å². The molecule has 1 aliphatic rings. The summed E-state index contributed by atoms with van der Waals surface area (Å²) >= 11 is 1.59. The maximum atomic E-state index is 12.9. The Morgan fingerprint density at radius 2 is 2.26 bits per heavy atom. The third kappa shape index (κ3) is 2.77. The smallest absolute Gasteiger partial charge is 0.263 e. The Kier molecular flexibility index (Phi) is 3.65. The van der Waals surface area contributed by atoms with Gasteiger partial charge >= 0.3 is 0 Å². The summed E-state index contributed by atoms with van der Waals surface area (Å²) in [4.78, 5) is 23.4. The number of benzene rings is 1. The Morgan fingerprint density at radius 3 is 3.04 bits per heavy atom. The number of thiophene rings is 1. The first-order chi connectivity index (χ1) is 11.2. The Balaban J connectivity index is 1.55. The van der Waals surface area contributed by atoms with Crippen molar-refractivity contribution < 1.29 is 4.79 Å². The Morgan fingerprint density at radius 1 is 1.39 bits per heavy atom. The van der Waals surface area contributed by atoms with E-state index in [-0.39, 0.29) is 5.91 Å². The van der Waals surface area contributed by atoms with Gasteiger partial charge in [0, 0.05) is 35.6 Å². The van der Waals surface area contributed by atoms with Gasteiger partial charge in [-0.2, -0.15) is 0 Å². The molecule has 5 heteroatoms. The molecule has 2 aromatic heterocycles. The summed E-state index contributed by atoms with van der Waals surface area (Å²) in [5.41, 5.74) is 1.08. The Bertz CT molecular complexity index is 818. The summed E-state index contributed by atoms with van der Waals surface area (Å²) in [7, 11) is 0. The number of hydrogen-bond donors (Lipinski definition) is 1. The molecule has 4 nitrogen and oxygen atoms in total. The maximum absolute atomic E-state index is 12.9. The molecule has 1 aliphatic heterocycles. The summed E-state index contributed by atoms with van der Waals surface area (Å²) in [5, 5.41) is 1.15. The van der Waals surface area contributed by atoms with E-state index < -0.39 is 0 Å². The SMILES string of the molecule is Cc1cnc([C@H]2CCCN(C(=O)c3cc4ccccc4s3)C2)[nH]1. The highest BCUT2D eigenvalue weighted by atomic mass is 32.1. The summed E-state index contributed by atoms with van der Waals surface area (Å²) in [6.07, 6.45) is 3.98. The van der Waals surface area contributed by atoms with Gasteiger partial charge < -0.3 is 9.88 Å². The molecule has 0 bridgehead atoms. The number of nitrogens with one attached hydrogen (secondary N) is 1. The lowest BCUT2D eigenvalue weighted by atomic mass is 9.97. The van der Waals surface area contributed by atoms with E-state index in [0.717, 1.165) is 47.7 Å². The fraction of sp³-hybridized carbons (Fsp3) is 0.333. The molecule has 3 heterocycles. The predicted molar refractivity (Wildman–Crippen MR) is 93.0 cm³/mol. The summed E-state index contributed by atoms with van der Waals surface area (Å²) in [5.74, 6) is 1.48. The standard InChI is InChI=1S/C18H19N3OS/c1-12-10-19-17(20-12)14-6-4-8-21(11-14)18(22)16-9-13-5-2-3-7-15(13)23-16/h2-3,5,7,9-10,14H,4,6,8,11H2,1H3,(H,19,20)/t14-/m0/s1. The Hall–Kier alpha value is -2.14. The highest BCUT2D eigenvalue weighted by Crippen LogP contribution is 2.30. The molecule has 0 radical (unpaired) electrons. The molecule has 0 spiro atoms. The van der Waals surface area contributed by atoms with Crippen LogP contribution in [-0.4, -0.2) is 33.9 Å². The lowest BCUT2D eigenvalue weighted by Gasteiger charge is -2.31. The number of imidazole rings is 1. The van der Waals surface area contributed by atoms with Crippen molar-refractivity contribution in [2.75, 3.05) is 13.1 Å². The van der Waals surface area contributed by atoms with E-state index in [9.17, 15) is 4.79 Å². The molecular formula is C18H19N3OS. The molecule has 1 aromatic carbocycles. The third-order valence-electron chi connectivity index (χ3n) is 4.45. The van der Waals surface area contributed by atoms with Gasteiger partial charge in [0.2, 0.25) is 0 Å². The number of likely N-dealkylation sites (tertiary alicyclic amines) is 1. The summed E-state index contributed by atoms with van der Waals surface area (Å²) in [6.45, 7) is 3.60. The van der Waals surface area contributed by atoms with E-state index in [1.807, 2.05) is 36.2 Å². The van der Waals surface area contributed by atoms with Gasteiger partial charge in [-0.05, 0) is 37.3 Å². The van der Waals surface area contributed by atoms with E-state index >= 15 is 0 Å². The first kappa shape index (κ1) is 14.5. The zero-order chi connectivity index (χ0) is 15.8. The van der Waals surface area contributed by atoms with Crippen LogP contribution in [0.3, 0.4) is 0 Å². The molecule has 1 fully saturated rings. The fourth-order valence-electron chi connectivity index (χ4n) is 3.27. The minimum Gasteiger partial charge on any atom is -0.346 e. The number of aryl methyl sites for hydroxylation is 1. The minimum absolute atomic E-state index is 0.152. The van der Waals surface area contributed by atoms with E-state index in [0.29, 0.717) is 5.92 Å². The topological polar surface area (TPSA) is 49.0 Å². The van der Waals surface area contributed by atoms with Gasteiger partial charge in [0.1, 0.15) is 5.82 Å². The van der Waals surface area contributed by atoms with Crippen molar-refractivity contribution in [1.29, 1.82) is 0 Å². The molecule has 4 rings (SSSR count). The number of piperidine rings is 1. The van der Waals surface area contributed by atoms with E-state index in [1.165, 1.54) is 4.70 Å². The maximum Gasteiger partial charge on any atom is 0.263 e. The lowest BCUT2D eigenvalue weighted by molar-refractivity contribution is 0.0710. The molecule has 0 unspecified atom stereocenters. The van der Waals surface area contributed by atoms with E-state index in [4.69, 9.17) is 0 Å². The predicted octanol–water partition coefficient (Wildman–Crippen LogP) is 3.95. The second-order valence-electron chi connectivity index (χ2n) is 6.19. The van der Waals surface area contributed by atoms with Gasteiger partial charge in [-0.3, -0.25) is 4.79 Å². The fourth-order valence-corrected chi connectivity index (χ4v) is 4.30. The van der Waals surface area contributed by atoms with Crippen molar-refractivity contribution in [2.24, 2.45) is 0 Å². The van der Waals surface area contributed by atoms with Crippen LogP contribution in [0.1, 0.15) is 39.9 Å². The molecule has 118 valence electrons. The van der Waals surface area contributed by atoms with E-state index in [1.54, 1.807) is 11.3 Å². The van der Waals surface area contributed by atoms with Gasteiger partial charge in [0.15, 0.2) is 0 Å². The van der Waals surface area contributed by atoms with Crippen LogP contribution in [0.4, 0.5) is 0 Å². The lowest BCUT2D eigenvalue weighted by Crippen LogP contribution is -2.39. The van der Waals surface area contributed by atoms with Crippen molar-refractivity contribution in [2.45, 2.75) is 25.7 Å².